The maximum absolute atomic E-state index is 12.7. The summed E-state index contributed by atoms with van der Waals surface area (Å²) in [5.41, 5.74) is 0.988. The number of esters is 1. The standard InChI is InChI=1S/C27H29ClN2O7/c1-35-19-6-4-18(5-7-19)30-11-9-29(10-12-30)16-20-14-24(32)26(34)27(37-20)21(15-25(33)36-2)17-3-8-23(31)22(28)13-17/h3-8,13-14,21,31,34H,9-12,15-16H2,1-2H3. The third-order valence-electron chi connectivity index (χ3n) is 6.48. The SMILES string of the molecule is COC(=O)CC(c1ccc(O)c(Cl)c1)c1oc(CN2CCN(c3ccc(OC)cc3)CC2)cc(=O)c1O. The fourth-order valence-corrected chi connectivity index (χ4v) is 4.59. The van der Waals surface area contributed by atoms with Crippen LogP contribution in [0.3, 0.4) is 0 Å². The monoisotopic (exact) mass is 528 g/mol. The molecule has 0 radical (unpaired) electrons. The number of halogens is 1. The van der Waals surface area contributed by atoms with Gasteiger partial charge in [-0.3, -0.25) is 14.5 Å². The summed E-state index contributed by atoms with van der Waals surface area (Å²) in [6.45, 7) is 3.42. The first-order valence-corrected chi connectivity index (χ1v) is 12.2. The first-order valence-electron chi connectivity index (χ1n) is 11.8. The zero-order valence-electron chi connectivity index (χ0n) is 20.6. The molecule has 4 rings (SSSR count). The number of nitrogens with zero attached hydrogens (tertiary/aromatic N) is 2. The topological polar surface area (TPSA) is 113 Å². The number of phenols is 1. The molecule has 2 aromatic carbocycles. The molecule has 0 aliphatic carbocycles. The van der Waals surface area contributed by atoms with Crippen molar-refractivity contribution in [1.82, 2.24) is 4.90 Å². The second-order valence-electron chi connectivity index (χ2n) is 8.79. The van der Waals surface area contributed by atoms with Crippen LogP contribution in [0.1, 0.15) is 29.4 Å². The van der Waals surface area contributed by atoms with Crippen molar-refractivity contribution in [3.63, 3.8) is 0 Å². The van der Waals surface area contributed by atoms with Crippen LogP contribution >= 0.6 is 11.6 Å². The highest BCUT2D eigenvalue weighted by Gasteiger charge is 2.28. The van der Waals surface area contributed by atoms with Gasteiger partial charge in [0, 0.05) is 37.9 Å². The minimum Gasteiger partial charge on any atom is -0.506 e. The Kier molecular flexibility index (Phi) is 8.25. The molecule has 1 aliphatic rings. The highest BCUT2D eigenvalue weighted by Crippen LogP contribution is 2.36. The maximum atomic E-state index is 12.7. The van der Waals surface area contributed by atoms with Gasteiger partial charge in [-0.25, -0.2) is 0 Å². The number of ether oxygens (including phenoxy) is 2. The van der Waals surface area contributed by atoms with Crippen LogP contribution in [0.2, 0.25) is 5.02 Å². The first kappa shape index (κ1) is 26.4. The minimum absolute atomic E-state index is 0.0495. The summed E-state index contributed by atoms with van der Waals surface area (Å²) in [4.78, 5) is 29.3. The fourth-order valence-electron chi connectivity index (χ4n) is 4.40. The van der Waals surface area contributed by atoms with Crippen LogP contribution in [-0.4, -0.2) is 61.5 Å². The average Bonchev–Trinajstić information content (AvgIpc) is 2.91. The zero-order chi connectivity index (χ0) is 26.5. The van der Waals surface area contributed by atoms with Crippen LogP contribution in [0, 0.1) is 0 Å². The van der Waals surface area contributed by atoms with Gasteiger partial charge in [0.05, 0.1) is 38.1 Å². The van der Waals surface area contributed by atoms with E-state index in [2.05, 4.69) is 9.80 Å². The molecule has 9 nitrogen and oxygen atoms in total. The number of anilines is 1. The number of carbonyl (C=O) groups is 1. The van der Waals surface area contributed by atoms with Gasteiger partial charge in [0.15, 0.2) is 5.76 Å². The van der Waals surface area contributed by atoms with Crippen molar-refractivity contribution in [2.45, 2.75) is 18.9 Å². The van der Waals surface area contributed by atoms with Crippen LogP contribution in [0.15, 0.2) is 57.7 Å². The summed E-state index contributed by atoms with van der Waals surface area (Å²) in [7, 11) is 2.89. The molecule has 0 spiro atoms. The van der Waals surface area contributed by atoms with Crippen molar-refractivity contribution >= 4 is 23.3 Å². The van der Waals surface area contributed by atoms with Crippen LogP contribution in [-0.2, 0) is 16.1 Å². The molecule has 10 heteroatoms. The van der Waals surface area contributed by atoms with Crippen molar-refractivity contribution in [2.24, 2.45) is 0 Å². The summed E-state index contributed by atoms with van der Waals surface area (Å²) in [5, 5.41) is 20.5. The van der Waals surface area contributed by atoms with Gasteiger partial charge in [0.2, 0.25) is 11.2 Å². The van der Waals surface area contributed by atoms with Crippen molar-refractivity contribution in [3.8, 4) is 17.2 Å². The number of benzene rings is 2. The lowest BCUT2D eigenvalue weighted by Crippen LogP contribution is -2.46. The highest BCUT2D eigenvalue weighted by molar-refractivity contribution is 6.32. The number of rotatable bonds is 8. The number of phenolic OH excluding ortho intramolecular Hbond substituents is 1. The van der Waals surface area contributed by atoms with E-state index in [4.69, 9.17) is 25.5 Å². The molecule has 37 heavy (non-hydrogen) atoms. The Labute approximate surface area is 219 Å². The molecule has 1 saturated heterocycles. The molecule has 196 valence electrons. The Balaban J connectivity index is 1.54. The number of methoxy groups -OCH3 is 2. The minimum atomic E-state index is -0.842. The van der Waals surface area contributed by atoms with Gasteiger partial charge in [0.1, 0.15) is 17.3 Å². The second kappa shape index (κ2) is 11.6. The Morgan fingerprint density at radius 3 is 2.38 bits per heavy atom. The average molecular weight is 529 g/mol. The maximum Gasteiger partial charge on any atom is 0.306 e. The molecule has 1 aliphatic heterocycles. The van der Waals surface area contributed by atoms with E-state index < -0.39 is 23.1 Å². The fraction of sp³-hybridized carbons (Fsp3) is 0.333. The van der Waals surface area contributed by atoms with E-state index in [1.54, 1.807) is 13.2 Å². The molecule has 0 saturated carbocycles. The van der Waals surface area contributed by atoms with E-state index >= 15 is 0 Å². The predicted molar refractivity (Wildman–Crippen MR) is 139 cm³/mol. The summed E-state index contributed by atoms with van der Waals surface area (Å²) in [6.07, 6.45) is -0.196. The van der Waals surface area contributed by atoms with E-state index in [0.717, 1.165) is 37.6 Å². The number of carbonyl (C=O) groups excluding carboxylic acids is 1. The van der Waals surface area contributed by atoms with E-state index in [0.29, 0.717) is 17.9 Å². The van der Waals surface area contributed by atoms with Crippen molar-refractivity contribution in [2.75, 3.05) is 45.3 Å². The summed E-state index contributed by atoms with van der Waals surface area (Å²) in [6, 6.07) is 13.6. The van der Waals surface area contributed by atoms with Gasteiger partial charge in [-0.2, -0.15) is 0 Å². The van der Waals surface area contributed by atoms with Crippen LogP contribution in [0.4, 0.5) is 5.69 Å². The van der Waals surface area contributed by atoms with Crippen molar-refractivity contribution in [1.29, 1.82) is 0 Å². The van der Waals surface area contributed by atoms with Gasteiger partial charge in [-0.05, 0) is 42.0 Å². The normalized spacial score (nSPS) is 14.8. The molecule has 0 amide bonds. The van der Waals surface area contributed by atoms with E-state index in [-0.39, 0.29) is 23.0 Å². The molecule has 0 bridgehead atoms. The molecular weight excluding hydrogens is 500 g/mol. The number of piperazine rings is 1. The largest absolute Gasteiger partial charge is 0.506 e. The summed E-state index contributed by atoms with van der Waals surface area (Å²) >= 11 is 6.08. The number of aromatic hydroxyl groups is 2. The Morgan fingerprint density at radius 2 is 1.76 bits per heavy atom. The van der Waals surface area contributed by atoms with E-state index in [1.165, 1.54) is 25.3 Å². The second-order valence-corrected chi connectivity index (χ2v) is 9.20. The van der Waals surface area contributed by atoms with Crippen molar-refractivity contribution < 1.29 is 28.9 Å². The zero-order valence-corrected chi connectivity index (χ0v) is 21.4. The molecule has 1 atom stereocenters. The van der Waals surface area contributed by atoms with Gasteiger partial charge in [-0.1, -0.05) is 17.7 Å². The highest BCUT2D eigenvalue weighted by atomic mass is 35.5. The third-order valence-corrected chi connectivity index (χ3v) is 6.78. The molecule has 2 N–H and O–H groups in total. The third kappa shape index (κ3) is 6.18. The Bertz CT molecular complexity index is 1300. The molecule has 1 aromatic heterocycles. The van der Waals surface area contributed by atoms with E-state index in [9.17, 15) is 19.8 Å². The Morgan fingerprint density at radius 1 is 1.05 bits per heavy atom. The number of hydrogen-bond acceptors (Lipinski definition) is 9. The van der Waals surface area contributed by atoms with Gasteiger partial charge < -0.3 is 29.0 Å². The predicted octanol–water partition coefficient (Wildman–Crippen LogP) is 3.73. The van der Waals surface area contributed by atoms with Gasteiger partial charge in [-0.15, -0.1) is 0 Å². The summed E-state index contributed by atoms with van der Waals surface area (Å²) < 4.78 is 16.1. The molecular formula is C27H29ClN2O7. The van der Waals surface area contributed by atoms with Crippen LogP contribution in [0.25, 0.3) is 0 Å². The first-order chi connectivity index (χ1) is 17.8. The molecule has 1 unspecified atom stereocenters. The lowest BCUT2D eigenvalue weighted by atomic mass is 9.92. The van der Waals surface area contributed by atoms with Crippen LogP contribution in [0.5, 0.6) is 17.2 Å². The van der Waals surface area contributed by atoms with Crippen LogP contribution < -0.4 is 15.1 Å². The number of hydrogen-bond donors (Lipinski definition) is 2. The summed E-state index contributed by atoms with van der Waals surface area (Å²) in [5.74, 6) is -0.981. The quantitative estimate of drug-likeness (QED) is 0.422. The molecule has 1 fully saturated rings. The van der Waals surface area contributed by atoms with Gasteiger partial charge >= 0.3 is 5.97 Å². The Hall–Kier alpha value is -3.69. The van der Waals surface area contributed by atoms with E-state index in [1.807, 2.05) is 24.3 Å². The van der Waals surface area contributed by atoms with Gasteiger partial charge in [0.25, 0.3) is 0 Å². The van der Waals surface area contributed by atoms with Crippen molar-refractivity contribution in [3.05, 3.63) is 80.9 Å². The molecule has 3 aromatic rings. The molecule has 2 heterocycles. The lowest BCUT2D eigenvalue weighted by Gasteiger charge is -2.36. The lowest BCUT2D eigenvalue weighted by molar-refractivity contribution is -0.140. The smallest absolute Gasteiger partial charge is 0.306 e.